The molecule has 0 atom stereocenters. The quantitative estimate of drug-likeness (QED) is 0.289. The summed E-state index contributed by atoms with van der Waals surface area (Å²) < 4.78 is 40.9. The van der Waals surface area contributed by atoms with Crippen LogP contribution in [-0.2, 0) is 19.6 Å². The number of piperazine rings is 1. The van der Waals surface area contributed by atoms with E-state index in [1.165, 1.54) is 41.7 Å². The molecule has 0 unspecified atom stereocenters. The Bertz CT molecular complexity index is 1320. The van der Waals surface area contributed by atoms with E-state index < -0.39 is 0 Å². The standard InChI is InChI=1S/C29H27F3N4OS/c30-23-9-5-21(6-10-23)17-34(18-22-7-11-24(31)12-8-22)19-28-33-26(20-38-28)29(37)36-15-13-35(14-16-36)27-4-2-1-3-25(27)32/h1-12,20H,13-19H2. The Labute approximate surface area is 223 Å². The van der Waals surface area contributed by atoms with Crippen LogP contribution >= 0.6 is 11.3 Å². The highest BCUT2D eigenvalue weighted by molar-refractivity contribution is 7.09. The SMILES string of the molecule is O=C(c1csc(CN(Cc2ccc(F)cc2)Cc2ccc(F)cc2)n1)N1CCN(c2ccccc2F)CC1. The second-order valence-electron chi connectivity index (χ2n) is 9.26. The Kier molecular flexibility index (Phi) is 8.05. The van der Waals surface area contributed by atoms with E-state index in [0.717, 1.165) is 16.1 Å². The molecule has 0 radical (unpaired) electrons. The fraction of sp³-hybridized carbons (Fsp3) is 0.241. The number of hydrogen-bond acceptors (Lipinski definition) is 5. The van der Waals surface area contributed by atoms with Crippen molar-refractivity contribution >= 4 is 22.9 Å². The number of amides is 1. The lowest BCUT2D eigenvalue weighted by Gasteiger charge is -2.35. The highest BCUT2D eigenvalue weighted by Crippen LogP contribution is 2.22. The van der Waals surface area contributed by atoms with Crippen LogP contribution in [0.5, 0.6) is 0 Å². The topological polar surface area (TPSA) is 39.7 Å². The summed E-state index contributed by atoms with van der Waals surface area (Å²) in [5.41, 5.74) is 2.83. The zero-order valence-electron chi connectivity index (χ0n) is 20.7. The van der Waals surface area contributed by atoms with Gasteiger partial charge < -0.3 is 9.80 Å². The minimum Gasteiger partial charge on any atom is -0.366 e. The van der Waals surface area contributed by atoms with E-state index >= 15 is 0 Å². The summed E-state index contributed by atoms with van der Waals surface area (Å²) in [5.74, 6) is -0.986. The van der Waals surface area contributed by atoms with Crippen molar-refractivity contribution < 1.29 is 18.0 Å². The number of hydrogen-bond donors (Lipinski definition) is 0. The van der Waals surface area contributed by atoms with Gasteiger partial charge in [-0.25, -0.2) is 18.2 Å². The monoisotopic (exact) mass is 536 g/mol. The summed E-state index contributed by atoms with van der Waals surface area (Å²) >= 11 is 1.42. The molecular weight excluding hydrogens is 509 g/mol. The molecule has 2 heterocycles. The first-order valence-electron chi connectivity index (χ1n) is 12.4. The van der Waals surface area contributed by atoms with Crippen LogP contribution in [0.4, 0.5) is 18.9 Å². The van der Waals surface area contributed by atoms with Crippen molar-refractivity contribution in [2.75, 3.05) is 31.1 Å². The lowest BCUT2D eigenvalue weighted by Crippen LogP contribution is -2.49. The van der Waals surface area contributed by atoms with Crippen molar-refractivity contribution in [3.63, 3.8) is 0 Å². The lowest BCUT2D eigenvalue weighted by molar-refractivity contribution is 0.0741. The summed E-state index contributed by atoms with van der Waals surface area (Å²) in [4.78, 5) is 23.6. The Morgan fingerprint density at radius 1 is 0.789 bits per heavy atom. The first kappa shape index (κ1) is 25.9. The van der Waals surface area contributed by atoms with Crippen molar-refractivity contribution in [2.24, 2.45) is 0 Å². The number of aromatic nitrogens is 1. The molecule has 0 aliphatic carbocycles. The van der Waals surface area contributed by atoms with Gasteiger partial charge in [-0.15, -0.1) is 11.3 Å². The number of anilines is 1. The third-order valence-electron chi connectivity index (χ3n) is 6.53. The lowest BCUT2D eigenvalue weighted by atomic mass is 10.1. The third-order valence-corrected chi connectivity index (χ3v) is 7.36. The van der Waals surface area contributed by atoms with Crippen LogP contribution in [0.2, 0.25) is 0 Å². The van der Waals surface area contributed by atoms with Gasteiger partial charge in [0, 0.05) is 44.6 Å². The van der Waals surface area contributed by atoms with Crippen molar-refractivity contribution in [3.8, 4) is 0 Å². The predicted octanol–water partition coefficient (Wildman–Crippen LogP) is 5.73. The predicted molar refractivity (Wildman–Crippen MR) is 142 cm³/mol. The number of carbonyl (C=O) groups excluding carboxylic acids is 1. The normalized spacial score (nSPS) is 13.8. The molecule has 0 spiro atoms. The largest absolute Gasteiger partial charge is 0.366 e. The van der Waals surface area contributed by atoms with E-state index in [2.05, 4.69) is 9.88 Å². The summed E-state index contributed by atoms with van der Waals surface area (Å²) in [6, 6.07) is 19.3. The Morgan fingerprint density at radius 2 is 1.37 bits per heavy atom. The van der Waals surface area contributed by atoms with Crippen LogP contribution in [0.1, 0.15) is 26.6 Å². The average molecular weight is 537 g/mol. The van der Waals surface area contributed by atoms with Gasteiger partial charge in [0.2, 0.25) is 0 Å². The highest BCUT2D eigenvalue weighted by Gasteiger charge is 2.25. The van der Waals surface area contributed by atoms with Crippen LogP contribution in [0.15, 0.2) is 78.2 Å². The maximum absolute atomic E-state index is 14.1. The molecule has 196 valence electrons. The van der Waals surface area contributed by atoms with Crippen LogP contribution in [0.25, 0.3) is 0 Å². The first-order valence-corrected chi connectivity index (χ1v) is 13.3. The zero-order valence-corrected chi connectivity index (χ0v) is 21.5. The number of carbonyl (C=O) groups is 1. The summed E-state index contributed by atoms with van der Waals surface area (Å²) in [7, 11) is 0. The smallest absolute Gasteiger partial charge is 0.273 e. The molecule has 1 fully saturated rings. The molecule has 1 amide bonds. The molecule has 1 aliphatic rings. The van der Waals surface area contributed by atoms with Gasteiger partial charge in [-0.2, -0.15) is 0 Å². The van der Waals surface area contributed by atoms with Crippen molar-refractivity contribution in [3.05, 3.63) is 117 Å². The van der Waals surface area contributed by atoms with Crippen LogP contribution < -0.4 is 4.90 Å². The maximum atomic E-state index is 14.1. The van der Waals surface area contributed by atoms with E-state index in [9.17, 15) is 18.0 Å². The molecule has 1 aliphatic heterocycles. The molecule has 5 rings (SSSR count). The van der Waals surface area contributed by atoms with Crippen LogP contribution in [0.3, 0.4) is 0 Å². The van der Waals surface area contributed by atoms with E-state index in [1.54, 1.807) is 46.7 Å². The minimum absolute atomic E-state index is 0.135. The average Bonchev–Trinajstić information content (AvgIpc) is 3.40. The van der Waals surface area contributed by atoms with Gasteiger partial charge in [0.25, 0.3) is 5.91 Å². The van der Waals surface area contributed by atoms with Crippen molar-refractivity contribution in [1.29, 1.82) is 0 Å². The molecule has 0 saturated carbocycles. The minimum atomic E-state index is -0.295. The van der Waals surface area contributed by atoms with Crippen LogP contribution in [-0.4, -0.2) is 46.9 Å². The Hall–Kier alpha value is -3.69. The molecular formula is C29H27F3N4OS. The molecule has 5 nitrogen and oxygen atoms in total. The van der Waals surface area contributed by atoms with Crippen molar-refractivity contribution in [2.45, 2.75) is 19.6 Å². The highest BCUT2D eigenvalue weighted by atomic mass is 32.1. The number of thiazole rings is 1. The third kappa shape index (κ3) is 6.41. The first-order chi connectivity index (χ1) is 18.4. The molecule has 1 saturated heterocycles. The van der Waals surface area contributed by atoms with Gasteiger partial charge in [-0.3, -0.25) is 9.69 Å². The molecule has 0 N–H and O–H groups in total. The number of para-hydroxylation sites is 1. The van der Waals surface area contributed by atoms with Gasteiger partial charge in [-0.1, -0.05) is 36.4 Å². The molecule has 4 aromatic rings. The zero-order chi connectivity index (χ0) is 26.5. The van der Waals surface area contributed by atoms with Crippen LogP contribution in [0, 0.1) is 17.5 Å². The summed E-state index contributed by atoms with van der Waals surface area (Å²) in [6.07, 6.45) is 0. The molecule has 9 heteroatoms. The Balaban J connectivity index is 1.24. The second kappa shape index (κ2) is 11.8. The second-order valence-corrected chi connectivity index (χ2v) is 10.2. The van der Waals surface area contributed by atoms with Gasteiger partial charge in [-0.05, 0) is 47.5 Å². The van der Waals surface area contributed by atoms with E-state index in [1.807, 2.05) is 11.0 Å². The number of halogens is 3. The summed E-state index contributed by atoms with van der Waals surface area (Å²) in [5, 5.41) is 2.55. The summed E-state index contributed by atoms with van der Waals surface area (Å²) in [6.45, 7) is 3.63. The van der Waals surface area contributed by atoms with E-state index in [0.29, 0.717) is 57.2 Å². The van der Waals surface area contributed by atoms with E-state index in [-0.39, 0.29) is 23.4 Å². The van der Waals surface area contributed by atoms with E-state index in [4.69, 9.17) is 0 Å². The van der Waals surface area contributed by atoms with Gasteiger partial charge in [0.1, 0.15) is 28.2 Å². The molecule has 38 heavy (non-hydrogen) atoms. The van der Waals surface area contributed by atoms with Gasteiger partial charge in [0.05, 0.1) is 12.2 Å². The van der Waals surface area contributed by atoms with Crippen molar-refractivity contribution in [1.82, 2.24) is 14.8 Å². The van der Waals surface area contributed by atoms with Gasteiger partial charge >= 0.3 is 0 Å². The fourth-order valence-electron chi connectivity index (χ4n) is 4.56. The Morgan fingerprint density at radius 3 is 1.95 bits per heavy atom. The molecule has 3 aromatic carbocycles. The number of benzene rings is 3. The fourth-order valence-corrected chi connectivity index (χ4v) is 5.37. The maximum Gasteiger partial charge on any atom is 0.273 e. The number of rotatable bonds is 8. The van der Waals surface area contributed by atoms with Gasteiger partial charge in [0.15, 0.2) is 0 Å². The molecule has 1 aromatic heterocycles. The molecule has 0 bridgehead atoms. The number of nitrogens with zero attached hydrogens (tertiary/aromatic N) is 4.